The van der Waals surface area contributed by atoms with Gasteiger partial charge in [-0.25, -0.2) is 17.7 Å². The number of benzene rings is 2. The van der Waals surface area contributed by atoms with Crippen LogP contribution in [0, 0.1) is 0 Å². The molecule has 0 atom stereocenters. The molecule has 1 aromatic heterocycles. The molecule has 4 rings (SSSR count). The van der Waals surface area contributed by atoms with Crippen molar-refractivity contribution in [1.29, 1.82) is 0 Å². The Kier molecular flexibility index (Phi) is 4.96. The van der Waals surface area contributed by atoms with E-state index in [1.54, 1.807) is 24.3 Å². The van der Waals surface area contributed by atoms with Crippen LogP contribution in [0.25, 0.3) is 11.0 Å². The highest BCUT2D eigenvalue weighted by Crippen LogP contribution is 2.24. The van der Waals surface area contributed by atoms with Gasteiger partial charge in [0, 0.05) is 25.2 Å². The normalized spacial score (nSPS) is 16.4. The third-order valence-electron chi connectivity index (χ3n) is 4.17. The van der Waals surface area contributed by atoms with Gasteiger partial charge in [0.25, 0.3) is 0 Å². The lowest BCUT2D eigenvalue weighted by molar-refractivity contribution is 0.521. The summed E-state index contributed by atoms with van der Waals surface area (Å²) in [4.78, 5) is 4.67. The molecule has 0 amide bonds. The Morgan fingerprint density at radius 1 is 1.14 bits per heavy atom. The summed E-state index contributed by atoms with van der Waals surface area (Å²) in [7, 11) is -0.499. The van der Waals surface area contributed by atoms with Gasteiger partial charge >= 0.3 is 0 Å². The van der Waals surface area contributed by atoms with E-state index >= 15 is 0 Å². The van der Waals surface area contributed by atoms with Crippen molar-refractivity contribution in [3.63, 3.8) is 0 Å². The lowest BCUT2D eigenvalue weighted by Crippen LogP contribution is -2.25. The van der Waals surface area contributed by atoms with Gasteiger partial charge in [-0.2, -0.15) is 5.10 Å². The first-order valence-corrected chi connectivity index (χ1v) is 10.9. The van der Waals surface area contributed by atoms with Crippen molar-refractivity contribution in [3.05, 3.63) is 60.4 Å². The summed E-state index contributed by atoms with van der Waals surface area (Å²) >= 11 is 1.48. The molecular weight excluding hydrogens is 396 g/mol. The molecule has 3 aromatic rings. The van der Waals surface area contributed by atoms with E-state index < -0.39 is 10.0 Å². The van der Waals surface area contributed by atoms with E-state index in [4.69, 9.17) is 4.42 Å². The van der Waals surface area contributed by atoms with Crippen LogP contribution in [0.4, 0.5) is 5.69 Å². The Morgan fingerprint density at radius 3 is 2.68 bits per heavy atom. The highest BCUT2D eigenvalue weighted by molar-refractivity contribution is 8.14. The first-order chi connectivity index (χ1) is 13.4. The Balaban J connectivity index is 1.55. The Hall–Kier alpha value is -2.62. The maximum Gasteiger partial charge on any atom is 0.242 e. The number of nitrogens with zero attached hydrogens (tertiary/aromatic N) is 3. The smallest absolute Gasteiger partial charge is 0.242 e. The van der Waals surface area contributed by atoms with Crippen LogP contribution in [0.3, 0.4) is 0 Å². The number of rotatable bonds is 4. The lowest BCUT2D eigenvalue weighted by Gasteiger charge is -2.14. The van der Waals surface area contributed by atoms with Crippen LogP contribution in [-0.4, -0.2) is 43.5 Å². The van der Waals surface area contributed by atoms with Gasteiger partial charge in [-0.05, 0) is 30.3 Å². The van der Waals surface area contributed by atoms with Crippen molar-refractivity contribution in [3.8, 4) is 0 Å². The summed E-state index contributed by atoms with van der Waals surface area (Å²) in [6.45, 7) is 0. The monoisotopic (exact) mass is 414 g/mol. The number of para-hydroxylation sites is 1. The van der Waals surface area contributed by atoms with Crippen LogP contribution in [0.5, 0.6) is 0 Å². The maximum atomic E-state index is 12.3. The van der Waals surface area contributed by atoms with Crippen molar-refractivity contribution in [2.75, 3.05) is 19.8 Å². The third-order valence-corrected chi connectivity index (χ3v) is 6.85. The van der Waals surface area contributed by atoms with Crippen LogP contribution in [0.15, 0.2) is 74.0 Å². The van der Waals surface area contributed by atoms with Gasteiger partial charge in [0.05, 0.1) is 10.6 Å². The summed E-state index contributed by atoms with van der Waals surface area (Å²) in [6.07, 6.45) is 0. The van der Waals surface area contributed by atoms with Crippen LogP contribution in [0.2, 0.25) is 0 Å². The molecular formula is C19H18N4O3S2. The second kappa shape index (κ2) is 7.42. The van der Waals surface area contributed by atoms with Gasteiger partial charge < -0.3 is 4.42 Å². The molecule has 0 unspecified atom stereocenters. The fraction of sp³-hybridized carbons (Fsp3) is 0.158. The molecule has 9 heteroatoms. The molecule has 1 aliphatic rings. The predicted molar refractivity (Wildman–Crippen MR) is 113 cm³/mol. The zero-order valence-corrected chi connectivity index (χ0v) is 16.9. The Bertz CT molecular complexity index is 1160. The second-order valence-corrected chi connectivity index (χ2v) is 9.43. The van der Waals surface area contributed by atoms with Crippen LogP contribution in [-0.2, 0) is 10.0 Å². The van der Waals surface area contributed by atoms with Crippen LogP contribution < -0.4 is 5.43 Å². The molecule has 0 saturated carbocycles. The second-order valence-electron chi connectivity index (χ2n) is 6.31. The number of aliphatic imine (C=N–C) groups is 1. The zero-order chi connectivity index (χ0) is 19.7. The van der Waals surface area contributed by atoms with E-state index in [2.05, 4.69) is 15.5 Å². The van der Waals surface area contributed by atoms with Crippen molar-refractivity contribution in [1.82, 2.24) is 9.73 Å². The van der Waals surface area contributed by atoms with Crippen molar-refractivity contribution >= 4 is 49.3 Å². The number of furan rings is 1. The lowest BCUT2D eigenvalue weighted by atomic mass is 10.2. The number of hydrogen-bond donors (Lipinski definition) is 1. The van der Waals surface area contributed by atoms with E-state index in [-0.39, 0.29) is 4.90 Å². The quantitative estimate of drug-likeness (QED) is 0.707. The average Bonchev–Trinajstić information content (AvgIpc) is 3.13. The fourth-order valence-electron chi connectivity index (χ4n) is 2.67. The number of amidine groups is 1. The van der Waals surface area contributed by atoms with Gasteiger partial charge in [-0.15, -0.1) is 0 Å². The molecule has 0 spiro atoms. The minimum absolute atomic E-state index is 0.201. The minimum atomic E-state index is -3.50. The summed E-state index contributed by atoms with van der Waals surface area (Å²) in [5.41, 5.74) is 5.08. The zero-order valence-electron chi connectivity index (χ0n) is 15.3. The van der Waals surface area contributed by atoms with Crippen LogP contribution in [0.1, 0.15) is 5.76 Å². The molecule has 0 radical (unpaired) electrons. The summed E-state index contributed by atoms with van der Waals surface area (Å²) in [6, 6.07) is 16.3. The van der Waals surface area contributed by atoms with Crippen molar-refractivity contribution < 1.29 is 12.8 Å². The topological polar surface area (TPSA) is 87.3 Å². The number of thioether (sulfide) groups is 1. The predicted octanol–water partition coefficient (Wildman–Crippen LogP) is 3.41. The molecule has 0 saturated heterocycles. The highest BCUT2D eigenvalue weighted by Gasteiger charge is 2.19. The van der Waals surface area contributed by atoms with Gasteiger partial charge in [0.2, 0.25) is 10.0 Å². The number of sulfonamides is 1. The molecule has 2 heterocycles. The number of nitrogens with one attached hydrogen (secondary N) is 1. The largest absolute Gasteiger partial charge is 0.455 e. The van der Waals surface area contributed by atoms with E-state index in [0.717, 1.165) is 22.4 Å². The number of hydrogen-bond acceptors (Lipinski definition) is 6. The summed E-state index contributed by atoms with van der Waals surface area (Å²) in [5.74, 6) is 1.32. The minimum Gasteiger partial charge on any atom is -0.455 e. The molecule has 7 nitrogen and oxygen atoms in total. The first kappa shape index (κ1) is 18.7. The molecule has 1 N–H and O–H groups in total. The van der Waals surface area contributed by atoms with Gasteiger partial charge in [-0.3, -0.25) is 5.43 Å². The third kappa shape index (κ3) is 3.68. The van der Waals surface area contributed by atoms with Crippen LogP contribution >= 0.6 is 11.8 Å². The van der Waals surface area contributed by atoms with E-state index in [9.17, 15) is 8.42 Å². The molecule has 0 aliphatic carbocycles. The van der Waals surface area contributed by atoms with Gasteiger partial charge in [-0.1, -0.05) is 36.0 Å². The van der Waals surface area contributed by atoms with Crippen molar-refractivity contribution in [2.24, 2.45) is 10.1 Å². The summed E-state index contributed by atoms with van der Waals surface area (Å²) in [5, 5.41) is 5.99. The Labute approximate surface area is 167 Å². The summed E-state index contributed by atoms with van der Waals surface area (Å²) < 4.78 is 31.6. The molecule has 28 heavy (non-hydrogen) atoms. The molecule has 1 aliphatic heterocycles. The maximum absolute atomic E-state index is 12.3. The molecule has 0 bridgehead atoms. The first-order valence-electron chi connectivity index (χ1n) is 8.49. The highest BCUT2D eigenvalue weighted by atomic mass is 32.2. The van der Waals surface area contributed by atoms with Gasteiger partial charge in [0.1, 0.15) is 11.3 Å². The van der Waals surface area contributed by atoms with Crippen molar-refractivity contribution in [2.45, 2.75) is 4.90 Å². The molecule has 2 aromatic carbocycles. The van der Waals surface area contributed by atoms with E-state index in [1.807, 2.05) is 30.3 Å². The van der Waals surface area contributed by atoms with E-state index in [1.165, 1.54) is 30.2 Å². The fourth-order valence-corrected chi connectivity index (χ4v) is 4.37. The molecule has 0 fully saturated rings. The molecule has 144 valence electrons. The average molecular weight is 415 g/mol. The number of hydrazone groups is 1. The SMILES string of the molecule is CN(C)S(=O)(=O)c1cccc(N=C2NN=C(c3cc4ccccc4o3)CS2)c1. The Morgan fingerprint density at radius 2 is 1.96 bits per heavy atom. The number of fused-ring (bicyclic) bond motifs is 1. The van der Waals surface area contributed by atoms with E-state index in [0.29, 0.717) is 16.6 Å². The standard InChI is InChI=1S/C19H18N4O3S2/c1-23(2)28(24,25)15-8-5-7-14(11-15)20-19-22-21-16(12-27-19)18-10-13-6-3-4-9-17(13)26-18/h3-11H,12H2,1-2H3,(H,20,22). The van der Waals surface area contributed by atoms with Gasteiger partial charge in [0.15, 0.2) is 10.9 Å².